The van der Waals surface area contributed by atoms with Crippen LogP contribution in [-0.4, -0.2) is 39.7 Å². The number of aliphatic hydroxyl groups excluding tert-OH is 1. The first-order chi connectivity index (χ1) is 8.88. The summed E-state index contributed by atoms with van der Waals surface area (Å²) in [4.78, 5) is 33.2. The number of carboxylic acid groups (broad SMARTS) is 1. The summed E-state index contributed by atoms with van der Waals surface area (Å²) in [5.41, 5.74) is -0.0114. The number of amides is 1. The number of anilines is 1. The highest BCUT2D eigenvalue weighted by atomic mass is 16.6. The van der Waals surface area contributed by atoms with E-state index in [2.05, 4.69) is 0 Å². The number of rotatable bonds is 5. The van der Waals surface area contributed by atoms with Gasteiger partial charge in [0.2, 0.25) is 5.91 Å². The molecule has 0 radical (unpaired) electrons. The maximum atomic E-state index is 11.5. The third-order valence-electron chi connectivity index (χ3n) is 2.45. The van der Waals surface area contributed by atoms with E-state index in [0.29, 0.717) is 0 Å². The Morgan fingerprint density at radius 2 is 1.89 bits per heavy atom. The zero-order valence-corrected chi connectivity index (χ0v) is 10.0. The fraction of sp³-hybridized carbons (Fsp3) is 0.273. The van der Waals surface area contributed by atoms with E-state index in [1.54, 1.807) is 0 Å². The van der Waals surface area contributed by atoms with Gasteiger partial charge in [0.25, 0.3) is 5.69 Å². The molecule has 1 amide bonds. The first kappa shape index (κ1) is 14.6. The molecule has 0 unspecified atom stereocenters. The third kappa shape index (κ3) is 3.26. The number of nitro groups is 1. The van der Waals surface area contributed by atoms with Crippen LogP contribution in [0, 0.1) is 10.1 Å². The molecular formula is C11H12N2O6. The Morgan fingerprint density at radius 1 is 1.37 bits per heavy atom. The Bertz CT molecular complexity index is 498. The highest BCUT2D eigenvalue weighted by Crippen LogP contribution is 2.21. The summed E-state index contributed by atoms with van der Waals surface area (Å²) in [6, 6.07) is 3.39. The van der Waals surface area contributed by atoms with Crippen molar-refractivity contribution in [2.75, 3.05) is 11.5 Å². The van der Waals surface area contributed by atoms with Gasteiger partial charge in [-0.15, -0.1) is 0 Å². The van der Waals surface area contributed by atoms with Crippen LogP contribution in [0.1, 0.15) is 6.92 Å². The number of aliphatic carboxylic acids is 1. The Balaban J connectivity index is 3.16. The van der Waals surface area contributed by atoms with E-state index in [1.807, 2.05) is 0 Å². The molecule has 0 spiro atoms. The number of nitrogens with zero attached hydrogens (tertiary/aromatic N) is 2. The van der Waals surface area contributed by atoms with Gasteiger partial charge >= 0.3 is 5.97 Å². The molecule has 0 aromatic heterocycles. The van der Waals surface area contributed by atoms with Crippen molar-refractivity contribution in [3.8, 4) is 0 Å². The molecule has 8 heteroatoms. The first-order valence-corrected chi connectivity index (χ1v) is 5.26. The van der Waals surface area contributed by atoms with Gasteiger partial charge in [-0.25, -0.2) is 4.79 Å². The first-order valence-electron chi connectivity index (χ1n) is 5.26. The second-order valence-electron chi connectivity index (χ2n) is 3.70. The highest BCUT2D eigenvalue weighted by Gasteiger charge is 2.28. The number of benzene rings is 1. The summed E-state index contributed by atoms with van der Waals surface area (Å²) >= 11 is 0. The van der Waals surface area contributed by atoms with Crippen molar-refractivity contribution < 1.29 is 24.7 Å². The molecular weight excluding hydrogens is 256 g/mol. The summed E-state index contributed by atoms with van der Waals surface area (Å²) in [5, 5.41) is 28.5. The number of hydrogen-bond donors (Lipinski definition) is 2. The number of aliphatic hydroxyl groups is 1. The van der Waals surface area contributed by atoms with Crippen molar-refractivity contribution in [2.45, 2.75) is 13.0 Å². The number of nitro benzene ring substituents is 1. The van der Waals surface area contributed by atoms with Crippen LogP contribution < -0.4 is 4.90 Å². The molecule has 0 aliphatic carbocycles. The Kier molecular flexibility index (Phi) is 4.54. The molecule has 1 atom stereocenters. The number of hydrogen-bond acceptors (Lipinski definition) is 5. The number of non-ortho nitro benzene ring substituents is 1. The van der Waals surface area contributed by atoms with E-state index in [9.17, 15) is 19.7 Å². The van der Waals surface area contributed by atoms with E-state index >= 15 is 0 Å². The third-order valence-corrected chi connectivity index (χ3v) is 2.45. The SMILES string of the molecule is CC(=O)N(c1ccc([N+](=O)[O-])cc1)[C@@H](CO)C(=O)O. The number of carbonyl (C=O) groups is 2. The van der Waals surface area contributed by atoms with E-state index in [1.165, 1.54) is 12.1 Å². The quantitative estimate of drug-likeness (QED) is 0.588. The Labute approximate surface area is 108 Å². The topological polar surface area (TPSA) is 121 Å². The largest absolute Gasteiger partial charge is 0.480 e. The summed E-state index contributed by atoms with van der Waals surface area (Å²) in [7, 11) is 0. The molecule has 0 bridgehead atoms. The molecule has 1 aromatic rings. The van der Waals surface area contributed by atoms with Gasteiger partial charge in [0.15, 0.2) is 6.04 Å². The van der Waals surface area contributed by atoms with Gasteiger partial charge in [-0.2, -0.15) is 0 Å². The number of carboxylic acids is 1. The smallest absolute Gasteiger partial charge is 0.329 e. The lowest BCUT2D eigenvalue weighted by molar-refractivity contribution is -0.384. The molecule has 0 aliphatic rings. The van der Waals surface area contributed by atoms with Crippen molar-refractivity contribution in [3.63, 3.8) is 0 Å². The van der Waals surface area contributed by atoms with Crippen molar-refractivity contribution >= 4 is 23.3 Å². The summed E-state index contributed by atoms with van der Waals surface area (Å²) in [6.45, 7) is 0.388. The molecule has 0 aliphatic heterocycles. The maximum absolute atomic E-state index is 11.5. The van der Waals surface area contributed by atoms with Crippen LogP contribution in [0.3, 0.4) is 0 Å². The lowest BCUT2D eigenvalue weighted by Crippen LogP contribution is -2.46. The van der Waals surface area contributed by atoms with Gasteiger partial charge in [0.05, 0.1) is 11.5 Å². The monoisotopic (exact) mass is 268 g/mol. The fourth-order valence-corrected chi connectivity index (χ4v) is 1.59. The second-order valence-corrected chi connectivity index (χ2v) is 3.70. The predicted molar refractivity (Wildman–Crippen MR) is 64.8 cm³/mol. The fourth-order valence-electron chi connectivity index (χ4n) is 1.59. The zero-order valence-electron chi connectivity index (χ0n) is 10.0. The normalized spacial score (nSPS) is 11.7. The van der Waals surface area contributed by atoms with E-state index in [4.69, 9.17) is 10.2 Å². The molecule has 0 heterocycles. The Hall–Kier alpha value is -2.48. The number of carbonyl (C=O) groups excluding carboxylic acids is 1. The van der Waals surface area contributed by atoms with Gasteiger partial charge in [-0.3, -0.25) is 19.8 Å². The van der Waals surface area contributed by atoms with Gasteiger partial charge in [-0.05, 0) is 12.1 Å². The van der Waals surface area contributed by atoms with Crippen LogP contribution in [0.2, 0.25) is 0 Å². The molecule has 1 aromatic carbocycles. The van der Waals surface area contributed by atoms with E-state index in [-0.39, 0.29) is 11.4 Å². The van der Waals surface area contributed by atoms with Crippen molar-refractivity contribution in [2.24, 2.45) is 0 Å². The maximum Gasteiger partial charge on any atom is 0.329 e. The lowest BCUT2D eigenvalue weighted by Gasteiger charge is -2.26. The van der Waals surface area contributed by atoms with E-state index < -0.39 is 29.4 Å². The standard InChI is InChI=1S/C11H12N2O6/c1-7(15)12(10(6-14)11(16)17)8-2-4-9(5-3-8)13(18)19/h2-5,10,14H,6H2,1H3,(H,16,17)/t10-/m0/s1. The summed E-state index contributed by atoms with van der Waals surface area (Å²) in [6.07, 6.45) is 0. The molecule has 102 valence electrons. The average molecular weight is 268 g/mol. The van der Waals surface area contributed by atoms with Crippen LogP contribution in [0.5, 0.6) is 0 Å². The van der Waals surface area contributed by atoms with Gasteiger partial charge in [0.1, 0.15) is 0 Å². The molecule has 1 rings (SSSR count). The van der Waals surface area contributed by atoms with Gasteiger partial charge in [0, 0.05) is 24.7 Å². The van der Waals surface area contributed by atoms with Crippen molar-refractivity contribution in [3.05, 3.63) is 34.4 Å². The van der Waals surface area contributed by atoms with Gasteiger partial charge < -0.3 is 10.2 Å². The van der Waals surface area contributed by atoms with Crippen LogP contribution in [0.4, 0.5) is 11.4 Å². The van der Waals surface area contributed by atoms with Crippen LogP contribution in [0.15, 0.2) is 24.3 Å². The minimum atomic E-state index is -1.43. The molecule has 2 N–H and O–H groups in total. The highest BCUT2D eigenvalue weighted by molar-refractivity contribution is 5.97. The lowest BCUT2D eigenvalue weighted by atomic mass is 10.2. The molecule has 0 fully saturated rings. The van der Waals surface area contributed by atoms with Gasteiger partial charge in [-0.1, -0.05) is 0 Å². The molecule has 0 saturated heterocycles. The molecule has 8 nitrogen and oxygen atoms in total. The minimum absolute atomic E-state index is 0.166. The van der Waals surface area contributed by atoms with Crippen molar-refractivity contribution in [1.82, 2.24) is 0 Å². The average Bonchev–Trinajstić information content (AvgIpc) is 2.34. The van der Waals surface area contributed by atoms with Crippen LogP contribution in [-0.2, 0) is 9.59 Å². The minimum Gasteiger partial charge on any atom is -0.480 e. The molecule has 0 saturated carbocycles. The Morgan fingerprint density at radius 3 is 2.21 bits per heavy atom. The zero-order chi connectivity index (χ0) is 14.6. The van der Waals surface area contributed by atoms with Crippen LogP contribution >= 0.6 is 0 Å². The van der Waals surface area contributed by atoms with E-state index in [0.717, 1.165) is 24.0 Å². The van der Waals surface area contributed by atoms with Crippen molar-refractivity contribution in [1.29, 1.82) is 0 Å². The van der Waals surface area contributed by atoms with Crippen LogP contribution in [0.25, 0.3) is 0 Å². The molecule has 19 heavy (non-hydrogen) atoms. The summed E-state index contributed by atoms with van der Waals surface area (Å²) < 4.78 is 0. The predicted octanol–water partition coefficient (Wildman–Crippen LogP) is 0.393. The summed E-state index contributed by atoms with van der Waals surface area (Å²) in [5.74, 6) is -1.95. The second kappa shape index (κ2) is 5.91.